The largest absolute Gasteiger partial charge is 0.372 e. The van der Waals surface area contributed by atoms with Crippen molar-refractivity contribution in [2.45, 2.75) is 25.7 Å². The minimum atomic E-state index is -4.32. The zero-order chi connectivity index (χ0) is 24.1. The molecule has 178 valence electrons. The predicted molar refractivity (Wildman–Crippen MR) is 138 cm³/mol. The molecule has 0 atom stereocenters. The molecule has 9 nitrogen and oxygen atoms in total. The summed E-state index contributed by atoms with van der Waals surface area (Å²) in [5.74, 6) is -0.781. The van der Waals surface area contributed by atoms with Gasteiger partial charge in [0.1, 0.15) is 10.6 Å². The summed E-state index contributed by atoms with van der Waals surface area (Å²) in [6, 6.07) is 8.13. The SMILES string of the molecule is CCN(CC)c1ccc(N=Nc2cc(Cl)c(S(=O)(=O)NCCS(=O)(=O)O)cc2Cl)c(C)c1.[K].[Na]. The number of azo groups is 1. The van der Waals surface area contributed by atoms with E-state index in [2.05, 4.69) is 29.0 Å². The van der Waals surface area contributed by atoms with Gasteiger partial charge in [0, 0.05) is 106 Å². The summed E-state index contributed by atoms with van der Waals surface area (Å²) in [6.07, 6.45) is 0. The molecule has 0 saturated carbocycles. The first-order chi connectivity index (χ1) is 14.9. The first kappa shape index (κ1) is 34.9. The maximum Gasteiger partial charge on any atom is 0.266 e. The van der Waals surface area contributed by atoms with Gasteiger partial charge < -0.3 is 4.90 Å². The molecule has 0 spiro atoms. The van der Waals surface area contributed by atoms with Gasteiger partial charge in [0.2, 0.25) is 10.0 Å². The molecule has 2 radical (unpaired) electrons. The van der Waals surface area contributed by atoms with Gasteiger partial charge in [-0.2, -0.15) is 13.5 Å². The molecule has 15 heteroatoms. The first-order valence-electron chi connectivity index (χ1n) is 9.59. The van der Waals surface area contributed by atoms with Crippen LogP contribution in [0.5, 0.6) is 0 Å². The summed E-state index contributed by atoms with van der Waals surface area (Å²) in [6.45, 7) is 7.29. The van der Waals surface area contributed by atoms with Crippen molar-refractivity contribution in [3.05, 3.63) is 45.9 Å². The third kappa shape index (κ3) is 10.3. The van der Waals surface area contributed by atoms with Gasteiger partial charge in [0.25, 0.3) is 10.1 Å². The average molecular weight is 586 g/mol. The van der Waals surface area contributed by atoms with Crippen LogP contribution < -0.4 is 9.62 Å². The van der Waals surface area contributed by atoms with Crippen LogP contribution in [0.2, 0.25) is 10.0 Å². The molecule has 0 aliphatic carbocycles. The Kier molecular flexibility index (Phi) is 15.7. The molecule has 0 aromatic heterocycles. The zero-order valence-electron chi connectivity index (χ0n) is 19.7. The molecular formula is C19H24Cl2KN4NaO5S2. The third-order valence-electron chi connectivity index (χ3n) is 4.52. The second kappa shape index (κ2) is 15.3. The smallest absolute Gasteiger partial charge is 0.266 e. The first-order valence-corrected chi connectivity index (χ1v) is 13.4. The summed E-state index contributed by atoms with van der Waals surface area (Å²) in [4.78, 5) is 1.85. The number of hydrogen-bond donors (Lipinski definition) is 2. The maximum atomic E-state index is 12.4. The number of nitrogens with zero attached hydrogens (tertiary/aromatic N) is 3. The van der Waals surface area contributed by atoms with Gasteiger partial charge in [-0.1, -0.05) is 23.2 Å². The fourth-order valence-electron chi connectivity index (χ4n) is 2.83. The Morgan fingerprint density at radius 2 is 1.56 bits per heavy atom. The Labute approximate surface area is 275 Å². The summed E-state index contributed by atoms with van der Waals surface area (Å²) in [7, 11) is -8.48. The van der Waals surface area contributed by atoms with Gasteiger partial charge in [-0.05, 0) is 56.7 Å². The monoisotopic (exact) mass is 584 g/mol. The van der Waals surface area contributed by atoms with Gasteiger partial charge >= 0.3 is 0 Å². The van der Waals surface area contributed by atoms with Crippen LogP contribution in [0, 0.1) is 6.92 Å². The Hall–Kier alpha value is 0.876. The quantitative estimate of drug-likeness (QED) is 0.247. The third-order valence-corrected chi connectivity index (χ3v) is 7.47. The van der Waals surface area contributed by atoms with E-state index in [4.69, 9.17) is 27.8 Å². The van der Waals surface area contributed by atoms with Crippen molar-refractivity contribution in [2.24, 2.45) is 10.2 Å². The van der Waals surface area contributed by atoms with Gasteiger partial charge in [0.05, 0.1) is 21.5 Å². The number of halogens is 2. The summed E-state index contributed by atoms with van der Waals surface area (Å²) in [5, 5.41) is 8.12. The zero-order valence-corrected chi connectivity index (χ0v) is 28.0. The average Bonchev–Trinajstić information content (AvgIpc) is 2.69. The molecular weight excluding hydrogens is 561 g/mol. The van der Waals surface area contributed by atoms with E-state index in [0.717, 1.165) is 30.4 Å². The van der Waals surface area contributed by atoms with E-state index in [1.807, 2.05) is 29.8 Å². The van der Waals surface area contributed by atoms with Crippen molar-refractivity contribution in [2.75, 3.05) is 30.3 Å². The molecule has 0 bridgehead atoms. The van der Waals surface area contributed by atoms with E-state index in [1.165, 1.54) is 6.07 Å². The molecule has 2 aromatic rings. The molecule has 2 aromatic carbocycles. The van der Waals surface area contributed by atoms with Crippen LogP contribution in [0.3, 0.4) is 0 Å². The van der Waals surface area contributed by atoms with Gasteiger partial charge in [-0.25, -0.2) is 13.1 Å². The molecule has 0 unspecified atom stereocenters. The van der Waals surface area contributed by atoms with Crippen molar-refractivity contribution >= 4 is 141 Å². The molecule has 0 fully saturated rings. The topological polar surface area (TPSA) is 128 Å². The molecule has 0 saturated heterocycles. The Morgan fingerprint density at radius 1 is 0.971 bits per heavy atom. The van der Waals surface area contributed by atoms with Gasteiger partial charge in [0.15, 0.2) is 0 Å². The molecule has 34 heavy (non-hydrogen) atoms. The fourth-order valence-corrected chi connectivity index (χ4v) is 5.16. The molecule has 2 rings (SSSR count). The Bertz CT molecular complexity index is 1230. The van der Waals surface area contributed by atoms with E-state index in [9.17, 15) is 16.8 Å². The van der Waals surface area contributed by atoms with E-state index in [0.29, 0.717) is 5.69 Å². The second-order valence-electron chi connectivity index (χ2n) is 6.76. The Balaban J connectivity index is 0.00000544. The van der Waals surface area contributed by atoms with Crippen LogP contribution in [0.25, 0.3) is 0 Å². The van der Waals surface area contributed by atoms with Crippen molar-refractivity contribution in [1.82, 2.24) is 4.72 Å². The number of hydrogen-bond acceptors (Lipinski definition) is 7. The summed E-state index contributed by atoms with van der Waals surface area (Å²) >= 11 is 12.3. The van der Waals surface area contributed by atoms with Crippen LogP contribution in [-0.4, -0.2) is 128 Å². The number of anilines is 1. The minimum Gasteiger partial charge on any atom is -0.372 e. The normalized spacial score (nSPS) is 11.7. The maximum absolute atomic E-state index is 12.4. The second-order valence-corrected chi connectivity index (χ2v) is 10.9. The number of benzene rings is 2. The van der Waals surface area contributed by atoms with Crippen molar-refractivity contribution in [3.8, 4) is 0 Å². The van der Waals surface area contributed by atoms with Gasteiger partial charge in [-0.3, -0.25) is 4.55 Å². The molecule has 0 aliphatic heterocycles. The standard InChI is InChI=1S/C19H24Cl2N4O5S2.K.Na/c1-4-25(5-2)14-6-7-17(13(3)10-14)23-24-18-11-16(21)19(12-15(18)20)32(29,30)22-8-9-31(26,27)28;;/h6-7,10-12,22H,4-5,8-9H2,1-3H3,(H,26,27,28);;. The molecule has 0 aliphatic rings. The molecule has 0 amide bonds. The molecule has 0 heterocycles. The van der Waals surface area contributed by atoms with Crippen molar-refractivity contribution in [1.29, 1.82) is 0 Å². The minimum absolute atomic E-state index is 0. The van der Waals surface area contributed by atoms with Crippen LogP contribution in [-0.2, 0) is 20.1 Å². The van der Waals surface area contributed by atoms with Crippen molar-refractivity contribution in [3.63, 3.8) is 0 Å². The van der Waals surface area contributed by atoms with Crippen LogP contribution >= 0.6 is 23.2 Å². The molecule has 2 N–H and O–H groups in total. The van der Waals surface area contributed by atoms with Crippen LogP contribution in [0.1, 0.15) is 19.4 Å². The van der Waals surface area contributed by atoms with Crippen molar-refractivity contribution < 1.29 is 21.4 Å². The number of sulfonamides is 1. The number of aryl methyl sites for hydroxylation is 1. The number of nitrogens with one attached hydrogen (secondary N) is 1. The van der Waals surface area contributed by atoms with Gasteiger partial charge in [-0.15, -0.1) is 5.11 Å². The summed E-state index contributed by atoms with van der Waals surface area (Å²) in [5.41, 5.74) is 2.77. The Morgan fingerprint density at radius 3 is 2.09 bits per heavy atom. The van der Waals surface area contributed by atoms with Crippen LogP contribution in [0.15, 0.2) is 45.5 Å². The van der Waals surface area contributed by atoms with E-state index >= 15 is 0 Å². The van der Waals surface area contributed by atoms with Crippen LogP contribution in [0.4, 0.5) is 17.1 Å². The fraction of sp³-hybridized carbons (Fsp3) is 0.368. The number of rotatable bonds is 10. The van der Waals surface area contributed by atoms with E-state index < -0.39 is 32.4 Å². The van der Waals surface area contributed by atoms with E-state index in [-0.39, 0.29) is 102 Å². The predicted octanol–water partition coefficient (Wildman–Crippen LogP) is 3.97. The summed E-state index contributed by atoms with van der Waals surface area (Å²) < 4.78 is 57.0. The van der Waals surface area contributed by atoms with E-state index in [1.54, 1.807) is 0 Å².